The molecule has 0 radical (unpaired) electrons. The normalized spacial score (nSPS) is 10.4. The molecule has 2 N–H and O–H groups in total. The van der Waals surface area contributed by atoms with Crippen molar-refractivity contribution in [2.75, 3.05) is 0 Å². The summed E-state index contributed by atoms with van der Waals surface area (Å²) in [6, 6.07) is 0. The number of aromatic nitrogens is 4. The summed E-state index contributed by atoms with van der Waals surface area (Å²) < 4.78 is 1.87. The zero-order valence-electron chi connectivity index (χ0n) is 7.88. The van der Waals surface area contributed by atoms with Crippen LogP contribution in [0.5, 0.6) is 0 Å². The number of nitrogens with two attached hydrogens (primary N) is 1. The van der Waals surface area contributed by atoms with E-state index in [1.807, 2.05) is 17.7 Å². The number of hydrogen-bond acceptors (Lipinski definition) is 4. The van der Waals surface area contributed by atoms with Crippen LogP contribution in [0.1, 0.15) is 11.5 Å². The van der Waals surface area contributed by atoms with Gasteiger partial charge in [-0.05, 0) is 6.92 Å². The molecule has 0 aliphatic heterocycles. The maximum absolute atomic E-state index is 5.57. The first-order chi connectivity index (χ1) is 6.83. The van der Waals surface area contributed by atoms with Crippen molar-refractivity contribution >= 4 is 0 Å². The Morgan fingerprint density at radius 2 is 2.00 bits per heavy atom. The fourth-order valence-corrected chi connectivity index (χ4v) is 1.31. The second-order valence-electron chi connectivity index (χ2n) is 2.88. The van der Waals surface area contributed by atoms with E-state index in [1.54, 1.807) is 18.6 Å². The van der Waals surface area contributed by atoms with Crippen LogP contribution in [-0.2, 0) is 6.54 Å². The Hall–Kier alpha value is -1.75. The van der Waals surface area contributed by atoms with Crippen LogP contribution in [0.3, 0.4) is 0 Å². The van der Waals surface area contributed by atoms with Gasteiger partial charge in [-0.15, -0.1) is 0 Å². The molecule has 72 valence electrons. The van der Waals surface area contributed by atoms with E-state index in [4.69, 9.17) is 5.73 Å². The Morgan fingerprint density at radius 3 is 2.64 bits per heavy atom. The minimum absolute atomic E-state index is 0.376. The molecule has 0 spiro atoms. The van der Waals surface area contributed by atoms with E-state index in [2.05, 4.69) is 15.0 Å². The molecule has 2 rings (SSSR count). The largest absolute Gasteiger partial charge is 0.325 e. The number of imidazole rings is 1. The lowest BCUT2D eigenvalue weighted by Crippen LogP contribution is -2.09. The van der Waals surface area contributed by atoms with E-state index in [0.29, 0.717) is 6.54 Å². The summed E-state index contributed by atoms with van der Waals surface area (Å²) in [7, 11) is 0. The Bertz CT molecular complexity index is 434. The van der Waals surface area contributed by atoms with Gasteiger partial charge in [0.2, 0.25) is 0 Å². The third kappa shape index (κ3) is 1.38. The second-order valence-corrected chi connectivity index (χ2v) is 2.88. The zero-order valence-corrected chi connectivity index (χ0v) is 7.88. The van der Waals surface area contributed by atoms with Crippen molar-refractivity contribution in [3.05, 3.63) is 36.3 Å². The van der Waals surface area contributed by atoms with Crippen LogP contribution in [0.15, 0.2) is 24.8 Å². The van der Waals surface area contributed by atoms with Crippen molar-refractivity contribution in [1.82, 2.24) is 19.5 Å². The molecule has 0 saturated carbocycles. The summed E-state index contributed by atoms with van der Waals surface area (Å²) in [6.07, 6.45) is 6.86. The van der Waals surface area contributed by atoms with Crippen molar-refractivity contribution < 1.29 is 0 Å². The highest BCUT2D eigenvalue weighted by Gasteiger charge is 2.06. The van der Waals surface area contributed by atoms with Gasteiger partial charge in [-0.3, -0.25) is 9.55 Å². The molecule has 2 aromatic rings. The van der Waals surface area contributed by atoms with Gasteiger partial charge in [0.1, 0.15) is 5.82 Å². The predicted molar refractivity (Wildman–Crippen MR) is 51.8 cm³/mol. The Labute approximate surface area is 81.6 Å². The molecule has 5 nitrogen and oxygen atoms in total. The lowest BCUT2D eigenvalue weighted by atomic mass is 10.4. The highest BCUT2D eigenvalue weighted by atomic mass is 15.1. The van der Waals surface area contributed by atoms with Crippen molar-refractivity contribution in [1.29, 1.82) is 0 Å². The van der Waals surface area contributed by atoms with Crippen LogP contribution in [0.4, 0.5) is 0 Å². The molecule has 0 aliphatic rings. The third-order valence-corrected chi connectivity index (χ3v) is 2.00. The molecule has 0 aliphatic carbocycles. The lowest BCUT2D eigenvalue weighted by Gasteiger charge is -2.06. The highest BCUT2D eigenvalue weighted by Crippen LogP contribution is 2.09. The van der Waals surface area contributed by atoms with Crippen molar-refractivity contribution in [2.45, 2.75) is 13.5 Å². The number of hydrogen-bond donors (Lipinski definition) is 1. The van der Waals surface area contributed by atoms with Gasteiger partial charge in [0.15, 0.2) is 5.82 Å². The lowest BCUT2D eigenvalue weighted by molar-refractivity contribution is 0.860. The van der Waals surface area contributed by atoms with Gasteiger partial charge < -0.3 is 5.73 Å². The quantitative estimate of drug-likeness (QED) is 0.743. The van der Waals surface area contributed by atoms with Crippen LogP contribution < -0.4 is 5.73 Å². The first-order valence-corrected chi connectivity index (χ1v) is 4.33. The minimum atomic E-state index is 0.376. The first kappa shape index (κ1) is 8.83. The summed E-state index contributed by atoms with van der Waals surface area (Å²) in [5.41, 5.74) is 6.34. The Morgan fingerprint density at radius 1 is 1.21 bits per heavy atom. The van der Waals surface area contributed by atoms with Gasteiger partial charge in [0.25, 0.3) is 0 Å². The average Bonchev–Trinajstić information content (AvgIpc) is 2.64. The summed E-state index contributed by atoms with van der Waals surface area (Å²) in [4.78, 5) is 12.5. The maximum Gasteiger partial charge on any atom is 0.161 e. The number of nitrogens with zero attached hydrogens (tertiary/aromatic N) is 4. The Kier molecular flexibility index (Phi) is 2.24. The molecule has 14 heavy (non-hydrogen) atoms. The smallest absolute Gasteiger partial charge is 0.161 e. The van der Waals surface area contributed by atoms with Gasteiger partial charge in [0, 0.05) is 31.3 Å². The summed E-state index contributed by atoms with van der Waals surface area (Å²) in [6.45, 7) is 2.29. The van der Waals surface area contributed by atoms with Gasteiger partial charge in [-0.1, -0.05) is 0 Å². The minimum Gasteiger partial charge on any atom is -0.325 e. The van der Waals surface area contributed by atoms with E-state index in [1.165, 1.54) is 0 Å². The molecule has 2 aromatic heterocycles. The van der Waals surface area contributed by atoms with E-state index < -0.39 is 0 Å². The standard InChI is InChI=1S/C9H11N5/c1-7-11-4-5-14(7)9-8(6-10)12-2-3-13-9/h2-5H,6,10H2,1H3. The zero-order chi connectivity index (χ0) is 9.97. The monoisotopic (exact) mass is 189 g/mol. The number of aryl methyl sites for hydroxylation is 1. The summed E-state index contributed by atoms with van der Waals surface area (Å²) in [5, 5.41) is 0. The molecule has 2 heterocycles. The molecule has 0 unspecified atom stereocenters. The average molecular weight is 189 g/mol. The highest BCUT2D eigenvalue weighted by molar-refractivity contribution is 5.29. The van der Waals surface area contributed by atoms with Crippen LogP contribution in [0.25, 0.3) is 5.82 Å². The molecule has 0 fully saturated rings. The maximum atomic E-state index is 5.57. The summed E-state index contributed by atoms with van der Waals surface area (Å²) in [5.74, 6) is 1.63. The van der Waals surface area contributed by atoms with E-state index in [-0.39, 0.29) is 0 Å². The SMILES string of the molecule is Cc1nccn1-c1nccnc1CN. The number of rotatable bonds is 2. The van der Waals surface area contributed by atoms with Gasteiger partial charge in [-0.2, -0.15) is 0 Å². The van der Waals surface area contributed by atoms with E-state index in [9.17, 15) is 0 Å². The molecule has 0 saturated heterocycles. The summed E-state index contributed by atoms with van der Waals surface area (Å²) >= 11 is 0. The van der Waals surface area contributed by atoms with Crippen LogP contribution in [0, 0.1) is 6.92 Å². The predicted octanol–water partition coefficient (Wildman–Crippen LogP) is 0.429. The fourth-order valence-electron chi connectivity index (χ4n) is 1.31. The van der Waals surface area contributed by atoms with Crippen molar-refractivity contribution in [2.24, 2.45) is 5.73 Å². The molecular formula is C9H11N5. The van der Waals surface area contributed by atoms with Crippen LogP contribution >= 0.6 is 0 Å². The second kappa shape index (κ2) is 3.55. The van der Waals surface area contributed by atoms with Crippen molar-refractivity contribution in [3.8, 4) is 5.82 Å². The molecular weight excluding hydrogens is 178 g/mol. The molecule has 0 aromatic carbocycles. The van der Waals surface area contributed by atoms with Crippen molar-refractivity contribution in [3.63, 3.8) is 0 Å². The van der Waals surface area contributed by atoms with E-state index >= 15 is 0 Å². The molecule has 0 atom stereocenters. The molecule has 0 bridgehead atoms. The van der Waals surface area contributed by atoms with Crippen LogP contribution in [0.2, 0.25) is 0 Å². The fraction of sp³-hybridized carbons (Fsp3) is 0.222. The molecule has 0 amide bonds. The first-order valence-electron chi connectivity index (χ1n) is 4.33. The topological polar surface area (TPSA) is 69.6 Å². The molecule has 5 heteroatoms. The van der Waals surface area contributed by atoms with Gasteiger partial charge >= 0.3 is 0 Å². The Balaban J connectivity index is 2.56. The van der Waals surface area contributed by atoms with Crippen LogP contribution in [-0.4, -0.2) is 19.5 Å². The van der Waals surface area contributed by atoms with E-state index in [0.717, 1.165) is 17.3 Å². The van der Waals surface area contributed by atoms with Gasteiger partial charge in [0.05, 0.1) is 5.69 Å². The van der Waals surface area contributed by atoms with Gasteiger partial charge in [-0.25, -0.2) is 9.97 Å². The third-order valence-electron chi connectivity index (χ3n) is 2.00.